The number of aliphatic hydroxyl groups is 1. The van der Waals surface area contributed by atoms with Crippen LogP contribution in [0.2, 0.25) is 0 Å². The number of aliphatic imine (C=N–C) groups is 1. The van der Waals surface area contributed by atoms with Crippen molar-refractivity contribution in [3.05, 3.63) is 24.2 Å². The second-order valence-electron chi connectivity index (χ2n) is 7.06. The maximum Gasteiger partial charge on any atom is 0.191 e. The number of nitrogens with one attached hydrogen (secondary N) is 2. The van der Waals surface area contributed by atoms with E-state index in [4.69, 9.17) is 14.1 Å². The fourth-order valence-corrected chi connectivity index (χ4v) is 3.14. The molecule has 2 heterocycles. The Bertz CT molecular complexity index is 513. The predicted octanol–water partition coefficient (Wildman–Crippen LogP) is 1.62. The van der Waals surface area contributed by atoms with Crippen molar-refractivity contribution in [1.82, 2.24) is 15.5 Å². The smallest absolute Gasteiger partial charge is 0.191 e. The van der Waals surface area contributed by atoms with Gasteiger partial charge in [0.1, 0.15) is 11.9 Å². The lowest BCUT2D eigenvalue weighted by atomic mass is 10.0. The van der Waals surface area contributed by atoms with Gasteiger partial charge in [-0.15, -0.1) is 0 Å². The van der Waals surface area contributed by atoms with E-state index in [1.165, 1.54) is 0 Å². The largest absolute Gasteiger partial charge is 0.467 e. The van der Waals surface area contributed by atoms with E-state index in [-0.39, 0.29) is 0 Å². The molecule has 2 rings (SSSR count). The molecule has 1 fully saturated rings. The first-order valence-corrected chi connectivity index (χ1v) is 9.65. The average molecular weight is 367 g/mol. The molecule has 2 atom stereocenters. The Morgan fingerprint density at radius 2 is 2.08 bits per heavy atom. The highest BCUT2D eigenvalue weighted by atomic mass is 16.5. The number of hydrogen-bond acceptors (Lipinski definition) is 5. The molecule has 26 heavy (non-hydrogen) atoms. The molecule has 0 saturated carbocycles. The molecule has 0 amide bonds. The fraction of sp³-hybridized carbons (Fsp3) is 0.737. The Morgan fingerprint density at radius 3 is 2.69 bits per heavy atom. The van der Waals surface area contributed by atoms with Crippen molar-refractivity contribution in [2.75, 3.05) is 45.9 Å². The van der Waals surface area contributed by atoms with Gasteiger partial charge in [0.15, 0.2) is 5.96 Å². The van der Waals surface area contributed by atoms with Gasteiger partial charge >= 0.3 is 0 Å². The number of morpholine rings is 1. The van der Waals surface area contributed by atoms with Gasteiger partial charge in [0.05, 0.1) is 32.6 Å². The van der Waals surface area contributed by atoms with Crippen LogP contribution in [-0.4, -0.2) is 67.9 Å². The summed E-state index contributed by atoms with van der Waals surface area (Å²) in [6.07, 6.45) is 1.98. The van der Waals surface area contributed by atoms with Gasteiger partial charge in [-0.25, -0.2) is 0 Å². The maximum absolute atomic E-state index is 10.2. The number of ether oxygens (including phenoxy) is 1. The Balaban J connectivity index is 1.92. The summed E-state index contributed by atoms with van der Waals surface area (Å²) >= 11 is 0. The van der Waals surface area contributed by atoms with Gasteiger partial charge in [0.2, 0.25) is 0 Å². The second-order valence-corrected chi connectivity index (χ2v) is 7.06. The summed E-state index contributed by atoms with van der Waals surface area (Å²) in [6, 6.07) is 3.95. The highest BCUT2D eigenvalue weighted by Crippen LogP contribution is 2.14. The number of aliphatic hydroxyl groups excluding tert-OH is 1. The van der Waals surface area contributed by atoms with Crippen molar-refractivity contribution in [1.29, 1.82) is 0 Å². The van der Waals surface area contributed by atoms with Crippen LogP contribution in [0.3, 0.4) is 0 Å². The summed E-state index contributed by atoms with van der Waals surface area (Å²) in [6.45, 7) is 11.9. The third-order valence-electron chi connectivity index (χ3n) is 4.44. The van der Waals surface area contributed by atoms with E-state index in [1.807, 2.05) is 6.92 Å². The van der Waals surface area contributed by atoms with E-state index in [0.717, 1.165) is 51.8 Å². The standard InChI is InChI=1S/C19H34N4O3/c1-4-20-19(22-14-17(24)18-6-5-9-26-18)21-13-16(12-15(2)3)23-7-10-25-11-8-23/h5-6,9,15-17,24H,4,7-8,10-14H2,1-3H3,(H2,20,21,22). The summed E-state index contributed by atoms with van der Waals surface area (Å²) in [5, 5.41) is 16.6. The average Bonchev–Trinajstić information content (AvgIpc) is 3.18. The van der Waals surface area contributed by atoms with Crippen molar-refractivity contribution in [2.45, 2.75) is 39.3 Å². The molecule has 1 aromatic rings. The lowest BCUT2D eigenvalue weighted by Gasteiger charge is -2.34. The van der Waals surface area contributed by atoms with Crippen LogP contribution in [0, 0.1) is 5.92 Å². The van der Waals surface area contributed by atoms with Crippen LogP contribution in [0.5, 0.6) is 0 Å². The van der Waals surface area contributed by atoms with Gasteiger partial charge < -0.3 is 24.9 Å². The fourth-order valence-electron chi connectivity index (χ4n) is 3.14. The Labute approximate surface area is 156 Å². The third-order valence-corrected chi connectivity index (χ3v) is 4.44. The van der Waals surface area contributed by atoms with E-state index in [0.29, 0.717) is 24.3 Å². The predicted molar refractivity (Wildman–Crippen MR) is 103 cm³/mol. The summed E-state index contributed by atoms with van der Waals surface area (Å²) in [4.78, 5) is 7.25. The zero-order chi connectivity index (χ0) is 18.8. The zero-order valence-corrected chi connectivity index (χ0v) is 16.3. The number of furan rings is 1. The van der Waals surface area contributed by atoms with E-state index >= 15 is 0 Å². The highest BCUT2D eigenvalue weighted by Gasteiger charge is 2.22. The second kappa shape index (κ2) is 11.2. The molecule has 0 radical (unpaired) electrons. The van der Waals surface area contributed by atoms with Crippen LogP contribution < -0.4 is 10.6 Å². The van der Waals surface area contributed by atoms with Gasteiger partial charge in [0, 0.05) is 25.7 Å². The van der Waals surface area contributed by atoms with Crippen LogP contribution in [0.15, 0.2) is 27.8 Å². The van der Waals surface area contributed by atoms with Crippen LogP contribution in [-0.2, 0) is 4.74 Å². The minimum Gasteiger partial charge on any atom is -0.467 e. The summed E-state index contributed by atoms with van der Waals surface area (Å²) in [5.41, 5.74) is 0. The van der Waals surface area contributed by atoms with Gasteiger partial charge in [-0.3, -0.25) is 9.89 Å². The first-order chi connectivity index (χ1) is 12.6. The molecule has 7 nitrogen and oxygen atoms in total. The molecule has 1 aliphatic rings. The van der Waals surface area contributed by atoms with Crippen molar-refractivity contribution >= 4 is 5.96 Å². The van der Waals surface area contributed by atoms with E-state index < -0.39 is 6.10 Å². The van der Waals surface area contributed by atoms with Gasteiger partial charge in [-0.1, -0.05) is 13.8 Å². The molecule has 3 N–H and O–H groups in total. The molecule has 0 bridgehead atoms. The van der Waals surface area contributed by atoms with Crippen LogP contribution in [0.1, 0.15) is 39.1 Å². The molecule has 0 aliphatic carbocycles. The monoisotopic (exact) mass is 366 g/mol. The normalized spacial score (nSPS) is 18.7. The first kappa shape index (κ1) is 20.7. The van der Waals surface area contributed by atoms with Crippen molar-refractivity contribution in [3.8, 4) is 0 Å². The molecule has 0 aromatic carbocycles. The Hall–Kier alpha value is -1.57. The van der Waals surface area contributed by atoms with Crippen LogP contribution in [0.25, 0.3) is 0 Å². The number of nitrogens with zero attached hydrogens (tertiary/aromatic N) is 2. The van der Waals surface area contributed by atoms with Gasteiger partial charge in [-0.2, -0.15) is 0 Å². The van der Waals surface area contributed by atoms with Gasteiger partial charge in [0.25, 0.3) is 0 Å². The van der Waals surface area contributed by atoms with Crippen molar-refractivity contribution in [2.24, 2.45) is 10.9 Å². The van der Waals surface area contributed by atoms with E-state index in [2.05, 4.69) is 29.4 Å². The maximum atomic E-state index is 10.2. The molecule has 2 unspecified atom stereocenters. The van der Waals surface area contributed by atoms with Crippen LogP contribution >= 0.6 is 0 Å². The molecular formula is C19H34N4O3. The van der Waals surface area contributed by atoms with E-state index in [9.17, 15) is 5.11 Å². The highest BCUT2D eigenvalue weighted by molar-refractivity contribution is 5.79. The molecule has 7 heteroatoms. The minimum absolute atomic E-state index is 0.353. The zero-order valence-electron chi connectivity index (χ0n) is 16.3. The summed E-state index contributed by atoms with van der Waals surface area (Å²) < 4.78 is 10.7. The molecular weight excluding hydrogens is 332 g/mol. The van der Waals surface area contributed by atoms with E-state index in [1.54, 1.807) is 18.4 Å². The first-order valence-electron chi connectivity index (χ1n) is 9.65. The molecule has 148 valence electrons. The lowest BCUT2D eigenvalue weighted by Crippen LogP contribution is -2.46. The van der Waals surface area contributed by atoms with Crippen molar-refractivity contribution in [3.63, 3.8) is 0 Å². The SMILES string of the molecule is CCNC(=NCC(CC(C)C)N1CCOCC1)NCC(O)c1ccco1. The third kappa shape index (κ3) is 6.97. The Morgan fingerprint density at radius 1 is 1.31 bits per heavy atom. The molecule has 1 saturated heterocycles. The van der Waals surface area contributed by atoms with Gasteiger partial charge in [-0.05, 0) is 31.4 Å². The quantitative estimate of drug-likeness (QED) is 0.455. The van der Waals surface area contributed by atoms with Crippen LogP contribution in [0.4, 0.5) is 0 Å². The number of rotatable bonds is 9. The number of hydrogen-bond donors (Lipinski definition) is 3. The molecule has 1 aliphatic heterocycles. The summed E-state index contributed by atoms with van der Waals surface area (Å²) in [5.74, 6) is 1.90. The number of guanidine groups is 1. The lowest BCUT2D eigenvalue weighted by molar-refractivity contribution is 0.0143. The molecule has 1 aromatic heterocycles. The molecule has 0 spiro atoms. The minimum atomic E-state index is -0.695. The van der Waals surface area contributed by atoms with Crippen molar-refractivity contribution < 1.29 is 14.3 Å². The summed E-state index contributed by atoms with van der Waals surface area (Å²) in [7, 11) is 0. The topological polar surface area (TPSA) is 82.3 Å². The Kier molecular flexibility index (Phi) is 8.94.